The van der Waals surface area contributed by atoms with Crippen LogP contribution < -0.4 is 10.6 Å². The predicted molar refractivity (Wildman–Crippen MR) is 80.4 cm³/mol. The number of anilines is 3. The summed E-state index contributed by atoms with van der Waals surface area (Å²) in [5.74, 6) is 1.37. The molecule has 0 atom stereocenters. The van der Waals surface area contributed by atoms with Crippen LogP contribution in [0.3, 0.4) is 0 Å². The van der Waals surface area contributed by atoms with Crippen LogP contribution in [0.15, 0.2) is 24.4 Å². The fourth-order valence-electron chi connectivity index (χ4n) is 1.66. The summed E-state index contributed by atoms with van der Waals surface area (Å²) >= 11 is 6.21. The van der Waals surface area contributed by atoms with Gasteiger partial charge in [-0.2, -0.15) is 4.98 Å². The second-order valence-corrected chi connectivity index (χ2v) is 4.77. The number of halogens is 1. The summed E-state index contributed by atoms with van der Waals surface area (Å²) in [5.41, 5.74) is 2.94. The Morgan fingerprint density at radius 2 is 2.05 bits per heavy atom. The van der Waals surface area contributed by atoms with Crippen LogP contribution >= 0.6 is 11.6 Å². The summed E-state index contributed by atoms with van der Waals surface area (Å²) in [7, 11) is 0. The van der Waals surface area contributed by atoms with Crippen molar-refractivity contribution in [2.24, 2.45) is 0 Å². The average Bonchev–Trinajstić information content (AvgIpc) is 2.37. The van der Waals surface area contributed by atoms with Gasteiger partial charge in [0.15, 0.2) is 0 Å². The lowest BCUT2D eigenvalue weighted by molar-refractivity contribution is 1.07. The molecule has 1 heterocycles. The predicted octanol–water partition coefficient (Wildman–Crippen LogP) is 3.92. The van der Waals surface area contributed by atoms with E-state index < -0.39 is 0 Å². The molecule has 19 heavy (non-hydrogen) atoms. The van der Waals surface area contributed by atoms with Gasteiger partial charge in [0.25, 0.3) is 0 Å². The number of aromatic nitrogens is 2. The lowest BCUT2D eigenvalue weighted by Gasteiger charge is -2.11. The topological polar surface area (TPSA) is 49.8 Å². The van der Waals surface area contributed by atoms with Gasteiger partial charge in [-0.15, -0.1) is 0 Å². The summed E-state index contributed by atoms with van der Waals surface area (Å²) in [5, 5.41) is 7.02. The molecule has 2 N–H and O–H groups in total. The molecule has 2 rings (SSSR count). The standard InChI is InChI=1S/C14H17ClN4/c1-4-16-14-17-8-10(3)13(19-14)18-12-6-5-9(2)7-11(12)15/h5-8H,4H2,1-3H3,(H2,16,17,18,19). The van der Waals surface area contributed by atoms with E-state index in [1.54, 1.807) is 6.20 Å². The third-order valence-electron chi connectivity index (χ3n) is 2.68. The van der Waals surface area contributed by atoms with E-state index in [2.05, 4.69) is 20.6 Å². The Bertz CT molecular complexity index is 584. The van der Waals surface area contributed by atoms with Crippen molar-refractivity contribution in [3.63, 3.8) is 0 Å². The smallest absolute Gasteiger partial charge is 0.224 e. The summed E-state index contributed by atoms with van der Waals surface area (Å²) in [6.45, 7) is 6.76. The largest absolute Gasteiger partial charge is 0.354 e. The monoisotopic (exact) mass is 276 g/mol. The van der Waals surface area contributed by atoms with Crippen molar-refractivity contribution in [2.75, 3.05) is 17.2 Å². The van der Waals surface area contributed by atoms with Crippen molar-refractivity contribution in [2.45, 2.75) is 20.8 Å². The van der Waals surface area contributed by atoms with Crippen LogP contribution in [0.1, 0.15) is 18.1 Å². The molecule has 5 heteroatoms. The zero-order valence-corrected chi connectivity index (χ0v) is 12.0. The quantitative estimate of drug-likeness (QED) is 0.889. The molecular weight excluding hydrogens is 260 g/mol. The fraction of sp³-hybridized carbons (Fsp3) is 0.286. The van der Waals surface area contributed by atoms with Crippen molar-refractivity contribution in [1.82, 2.24) is 9.97 Å². The van der Waals surface area contributed by atoms with Gasteiger partial charge in [-0.1, -0.05) is 17.7 Å². The summed E-state index contributed by atoms with van der Waals surface area (Å²) in [6, 6.07) is 5.88. The van der Waals surface area contributed by atoms with Crippen molar-refractivity contribution >= 4 is 29.1 Å². The highest BCUT2D eigenvalue weighted by Crippen LogP contribution is 2.27. The fourth-order valence-corrected chi connectivity index (χ4v) is 1.94. The highest BCUT2D eigenvalue weighted by molar-refractivity contribution is 6.33. The van der Waals surface area contributed by atoms with E-state index >= 15 is 0 Å². The van der Waals surface area contributed by atoms with Gasteiger partial charge in [-0.25, -0.2) is 4.98 Å². The van der Waals surface area contributed by atoms with Crippen LogP contribution in [0, 0.1) is 13.8 Å². The van der Waals surface area contributed by atoms with E-state index in [1.165, 1.54) is 0 Å². The minimum absolute atomic E-state index is 0.610. The number of rotatable bonds is 4. The first-order valence-electron chi connectivity index (χ1n) is 6.21. The molecule has 0 amide bonds. The highest BCUT2D eigenvalue weighted by Gasteiger charge is 2.06. The molecule has 0 aliphatic carbocycles. The van der Waals surface area contributed by atoms with Crippen LogP contribution in [0.25, 0.3) is 0 Å². The van der Waals surface area contributed by atoms with Gasteiger partial charge < -0.3 is 10.6 Å². The molecule has 0 aliphatic heterocycles. The molecule has 1 aromatic heterocycles. The molecule has 1 aromatic carbocycles. The van der Waals surface area contributed by atoms with E-state index in [0.717, 1.165) is 29.2 Å². The van der Waals surface area contributed by atoms with Gasteiger partial charge in [-0.3, -0.25) is 0 Å². The first-order valence-corrected chi connectivity index (χ1v) is 6.58. The van der Waals surface area contributed by atoms with Gasteiger partial charge in [0.05, 0.1) is 10.7 Å². The molecular formula is C14H17ClN4. The molecule has 4 nitrogen and oxygen atoms in total. The molecule has 100 valence electrons. The Hall–Kier alpha value is -1.81. The summed E-state index contributed by atoms with van der Waals surface area (Å²) in [4.78, 5) is 8.64. The highest BCUT2D eigenvalue weighted by atomic mass is 35.5. The van der Waals surface area contributed by atoms with E-state index in [-0.39, 0.29) is 0 Å². The van der Waals surface area contributed by atoms with Crippen molar-refractivity contribution in [3.05, 3.63) is 40.5 Å². The van der Waals surface area contributed by atoms with Crippen molar-refractivity contribution in [3.8, 4) is 0 Å². The Kier molecular flexibility index (Phi) is 4.22. The van der Waals surface area contributed by atoms with Gasteiger partial charge >= 0.3 is 0 Å². The third-order valence-corrected chi connectivity index (χ3v) is 3.00. The molecule has 0 aliphatic rings. The number of hydrogen-bond acceptors (Lipinski definition) is 4. The SMILES string of the molecule is CCNc1ncc(C)c(Nc2ccc(C)cc2Cl)n1. The van der Waals surface area contributed by atoms with E-state index in [1.807, 2.05) is 39.0 Å². The maximum Gasteiger partial charge on any atom is 0.224 e. The molecule has 0 saturated carbocycles. The van der Waals surface area contributed by atoms with Crippen molar-refractivity contribution < 1.29 is 0 Å². The number of nitrogens with zero attached hydrogens (tertiary/aromatic N) is 2. The molecule has 0 saturated heterocycles. The minimum Gasteiger partial charge on any atom is -0.354 e. The van der Waals surface area contributed by atoms with Gasteiger partial charge in [0.2, 0.25) is 5.95 Å². The van der Waals surface area contributed by atoms with Crippen LogP contribution in [0.2, 0.25) is 5.02 Å². The van der Waals surface area contributed by atoms with Crippen LogP contribution in [0.5, 0.6) is 0 Å². The average molecular weight is 277 g/mol. The maximum atomic E-state index is 6.21. The summed E-state index contributed by atoms with van der Waals surface area (Å²) in [6.07, 6.45) is 1.79. The second-order valence-electron chi connectivity index (χ2n) is 4.36. The van der Waals surface area contributed by atoms with E-state index in [4.69, 9.17) is 11.6 Å². The zero-order chi connectivity index (χ0) is 13.8. The normalized spacial score (nSPS) is 10.3. The Morgan fingerprint density at radius 1 is 1.26 bits per heavy atom. The molecule has 0 unspecified atom stereocenters. The molecule has 2 aromatic rings. The van der Waals surface area contributed by atoms with Gasteiger partial charge in [0, 0.05) is 18.3 Å². The number of benzene rings is 1. The summed E-state index contributed by atoms with van der Waals surface area (Å²) < 4.78 is 0. The first-order chi connectivity index (χ1) is 9.10. The van der Waals surface area contributed by atoms with Crippen LogP contribution in [-0.4, -0.2) is 16.5 Å². The molecule has 0 bridgehead atoms. The van der Waals surface area contributed by atoms with Gasteiger partial charge in [-0.05, 0) is 38.5 Å². The number of nitrogens with one attached hydrogen (secondary N) is 2. The minimum atomic E-state index is 0.610. The Balaban J connectivity index is 2.29. The second kappa shape index (κ2) is 5.89. The van der Waals surface area contributed by atoms with E-state index in [0.29, 0.717) is 11.0 Å². The maximum absolute atomic E-state index is 6.21. The molecule has 0 radical (unpaired) electrons. The zero-order valence-electron chi connectivity index (χ0n) is 11.3. The lowest BCUT2D eigenvalue weighted by Crippen LogP contribution is -2.05. The van der Waals surface area contributed by atoms with Crippen LogP contribution in [-0.2, 0) is 0 Å². The van der Waals surface area contributed by atoms with E-state index in [9.17, 15) is 0 Å². The van der Waals surface area contributed by atoms with Crippen LogP contribution in [0.4, 0.5) is 17.5 Å². The Morgan fingerprint density at radius 3 is 2.74 bits per heavy atom. The number of hydrogen-bond donors (Lipinski definition) is 2. The number of aryl methyl sites for hydroxylation is 2. The third kappa shape index (κ3) is 3.35. The lowest BCUT2D eigenvalue weighted by atomic mass is 10.2. The van der Waals surface area contributed by atoms with Gasteiger partial charge in [0.1, 0.15) is 5.82 Å². The Labute approximate surface area is 118 Å². The molecule has 0 fully saturated rings. The molecule has 0 spiro atoms. The van der Waals surface area contributed by atoms with Crippen molar-refractivity contribution in [1.29, 1.82) is 0 Å². The first kappa shape index (κ1) is 13.6.